The largest absolute Gasteiger partial charge is 0.460 e. The van der Waals surface area contributed by atoms with Crippen molar-refractivity contribution in [2.24, 2.45) is 0 Å². The molecule has 104 valence electrons. The fourth-order valence-electron chi connectivity index (χ4n) is 1.47. The second kappa shape index (κ2) is 4.78. The van der Waals surface area contributed by atoms with E-state index in [4.69, 9.17) is 9.47 Å². The first-order chi connectivity index (χ1) is 7.98. The average molecular weight is 257 g/mol. The number of esters is 1. The van der Waals surface area contributed by atoms with Crippen molar-refractivity contribution in [3.05, 3.63) is 0 Å². The van der Waals surface area contributed by atoms with Crippen molar-refractivity contribution in [3.63, 3.8) is 0 Å². The fraction of sp³-hybridized carbons (Fsp3) is 0.846. The SMILES string of the molecule is CC(C)(C)OC(=O)CC1CN1C(=O)OC(C)(C)C. The summed E-state index contributed by atoms with van der Waals surface area (Å²) >= 11 is 0. The minimum atomic E-state index is -0.504. The molecule has 0 aromatic carbocycles. The van der Waals surface area contributed by atoms with Gasteiger partial charge in [0.05, 0.1) is 12.5 Å². The molecule has 18 heavy (non-hydrogen) atoms. The molecule has 1 amide bonds. The maximum Gasteiger partial charge on any atom is 0.410 e. The lowest BCUT2D eigenvalue weighted by atomic mass is 10.2. The third-order valence-electron chi connectivity index (χ3n) is 2.16. The predicted molar refractivity (Wildman–Crippen MR) is 67.2 cm³/mol. The summed E-state index contributed by atoms with van der Waals surface area (Å²) < 4.78 is 10.4. The van der Waals surface area contributed by atoms with E-state index in [0.717, 1.165) is 0 Å². The highest BCUT2D eigenvalue weighted by Crippen LogP contribution is 2.25. The Morgan fingerprint density at radius 3 is 2.00 bits per heavy atom. The van der Waals surface area contributed by atoms with Crippen LogP contribution in [0.25, 0.3) is 0 Å². The lowest BCUT2D eigenvalue weighted by molar-refractivity contribution is -0.154. The zero-order chi connectivity index (χ0) is 14.1. The highest BCUT2D eigenvalue weighted by molar-refractivity contribution is 5.76. The van der Waals surface area contributed by atoms with Gasteiger partial charge < -0.3 is 14.4 Å². The summed E-state index contributed by atoms with van der Waals surface area (Å²) in [5.74, 6) is -0.279. The molecular formula is C13H23NO4. The molecule has 1 rings (SSSR count). The molecule has 1 atom stereocenters. The van der Waals surface area contributed by atoms with Crippen LogP contribution in [0.15, 0.2) is 0 Å². The molecule has 5 heteroatoms. The number of nitrogens with zero attached hydrogens (tertiary/aromatic N) is 1. The monoisotopic (exact) mass is 257 g/mol. The number of hydrogen-bond acceptors (Lipinski definition) is 4. The van der Waals surface area contributed by atoms with E-state index in [-0.39, 0.29) is 24.5 Å². The fourth-order valence-corrected chi connectivity index (χ4v) is 1.47. The van der Waals surface area contributed by atoms with Gasteiger partial charge in [-0.15, -0.1) is 0 Å². The van der Waals surface area contributed by atoms with Crippen molar-refractivity contribution in [1.82, 2.24) is 4.90 Å². The van der Waals surface area contributed by atoms with Gasteiger partial charge in [-0.1, -0.05) is 0 Å². The van der Waals surface area contributed by atoms with E-state index in [2.05, 4.69) is 0 Å². The molecule has 0 spiro atoms. The Morgan fingerprint density at radius 2 is 1.56 bits per heavy atom. The molecule has 1 unspecified atom stereocenters. The number of ether oxygens (including phenoxy) is 2. The van der Waals surface area contributed by atoms with Crippen LogP contribution >= 0.6 is 0 Å². The molecule has 0 aliphatic carbocycles. The Bertz CT molecular complexity index is 338. The van der Waals surface area contributed by atoms with E-state index in [1.807, 2.05) is 41.5 Å². The highest BCUT2D eigenvalue weighted by Gasteiger charge is 2.42. The van der Waals surface area contributed by atoms with Crippen molar-refractivity contribution in [2.75, 3.05) is 6.54 Å². The normalized spacial score (nSPS) is 19.4. The number of rotatable bonds is 2. The van der Waals surface area contributed by atoms with Crippen LogP contribution in [0.4, 0.5) is 4.79 Å². The Kier molecular flexibility index (Phi) is 3.93. The first-order valence-electron chi connectivity index (χ1n) is 6.19. The van der Waals surface area contributed by atoms with Gasteiger partial charge >= 0.3 is 12.1 Å². The minimum absolute atomic E-state index is 0.0744. The lowest BCUT2D eigenvalue weighted by Crippen LogP contribution is -2.29. The second-order valence-corrected chi connectivity index (χ2v) is 6.58. The smallest absolute Gasteiger partial charge is 0.410 e. The number of carbonyl (C=O) groups excluding carboxylic acids is 2. The van der Waals surface area contributed by atoms with Gasteiger partial charge in [-0.05, 0) is 41.5 Å². The van der Waals surface area contributed by atoms with E-state index >= 15 is 0 Å². The second-order valence-electron chi connectivity index (χ2n) is 6.58. The van der Waals surface area contributed by atoms with E-state index in [1.165, 1.54) is 4.90 Å². The molecule has 0 radical (unpaired) electrons. The van der Waals surface area contributed by atoms with Crippen LogP contribution in [0, 0.1) is 0 Å². The summed E-state index contributed by atoms with van der Waals surface area (Å²) in [4.78, 5) is 24.7. The topological polar surface area (TPSA) is 55.6 Å². The Balaban J connectivity index is 2.33. The van der Waals surface area contributed by atoms with E-state index < -0.39 is 11.2 Å². The van der Waals surface area contributed by atoms with Crippen molar-refractivity contribution < 1.29 is 19.1 Å². The van der Waals surface area contributed by atoms with E-state index in [9.17, 15) is 9.59 Å². The van der Waals surface area contributed by atoms with Crippen LogP contribution < -0.4 is 0 Å². The van der Waals surface area contributed by atoms with Crippen molar-refractivity contribution in [3.8, 4) is 0 Å². The summed E-state index contributed by atoms with van der Waals surface area (Å²) in [6, 6.07) is -0.0744. The van der Waals surface area contributed by atoms with Gasteiger partial charge in [0.15, 0.2) is 0 Å². The maximum absolute atomic E-state index is 11.6. The maximum atomic E-state index is 11.6. The molecule has 1 heterocycles. The Hall–Kier alpha value is -1.26. The number of amides is 1. The Morgan fingerprint density at radius 1 is 1.06 bits per heavy atom. The van der Waals surface area contributed by atoms with Crippen molar-refractivity contribution >= 4 is 12.1 Å². The van der Waals surface area contributed by atoms with Crippen LogP contribution in [0.3, 0.4) is 0 Å². The molecule has 1 aliphatic heterocycles. The Labute approximate surface area is 108 Å². The molecular weight excluding hydrogens is 234 g/mol. The summed E-state index contributed by atoms with van der Waals surface area (Å²) in [5.41, 5.74) is -0.987. The molecule has 0 saturated carbocycles. The lowest BCUT2D eigenvalue weighted by Gasteiger charge is -2.20. The van der Waals surface area contributed by atoms with Crippen molar-refractivity contribution in [1.29, 1.82) is 0 Å². The molecule has 0 N–H and O–H groups in total. The summed E-state index contributed by atoms with van der Waals surface area (Å²) in [5, 5.41) is 0. The van der Waals surface area contributed by atoms with Crippen molar-refractivity contribution in [2.45, 2.75) is 65.2 Å². The standard InChI is InChI=1S/C13H23NO4/c1-12(2,3)17-10(15)7-9-8-14(9)11(16)18-13(4,5)6/h9H,7-8H2,1-6H3. The van der Waals surface area contributed by atoms with Gasteiger partial charge in [-0.2, -0.15) is 0 Å². The predicted octanol–water partition coefficient (Wildman–Crippen LogP) is 2.34. The number of carbonyl (C=O) groups is 2. The van der Waals surface area contributed by atoms with Gasteiger partial charge in [-0.25, -0.2) is 4.79 Å². The molecule has 0 bridgehead atoms. The van der Waals surface area contributed by atoms with Gasteiger partial charge in [0.25, 0.3) is 0 Å². The molecule has 5 nitrogen and oxygen atoms in total. The molecule has 1 aliphatic rings. The first-order valence-corrected chi connectivity index (χ1v) is 6.19. The van der Waals surface area contributed by atoms with Crippen LogP contribution in [-0.2, 0) is 14.3 Å². The molecule has 1 fully saturated rings. The molecule has 0 aromatic rings. The number of hydrogen-bond donors (Lipinski definition) is 0. The molecule has 1 saturated heterocycles. The average Bonchev–Trinajstić information content (AvgIpc) is 2.75. The first kappa shape index (κ1) is 14.8. The van der Waals surface area contributed by atoms with Gasteiger partial charge in [0, 0.05) is 6.54 Å². The minimum Gasteiger partial charge on any atom is -0.460 e. The van der Waals surface area contributed by atoms with Crippen LogP contribution in [-0.4, -0.2) is 40.8 Å². The zero-order valence-corrected chi connectivity index (χ0v) is 12.1. The third-order valence-corrected chi connectivity index (χ3v) is 2.16. The van der Waals surface area contributed by atoms with Crippen LogP contribution in [0.1, 0.15) is 48.0 Å². The zero-order valence-electron chi connectivity index (χ0n) is 12.1. The van der Waals surface area contributed by atoms with Gasteiger partial charge in [0.1, 0.15) is 11.2 Å². The van der Waals surface area contributed by atoms with Crippen LogP contribution in [0.5, 0.6) is 0 Å². The third kappa shape index (κ3) is 5.38. The van der Waals surface area contributed by atoms with Crippen LogP contribution in [0.2, 0.25) is 0 Å². The van der Waals surface area contributed by atoms with E-state index in [1.54, 1.807) is 0 Å². The summed E-state index contributed by atoms with van der Waals surface area (Å²) in [7, 11) is 0. The summed E-state index contributed by atoms with van der Waals surface area (Å²) in [6.45, 7) is 11.5. The molecule has 0 aromatic heterocycles. The highest BCUT2D eigenvalue weighted by atomic mass is 16.6. The summed E-state index contributed by atoms with van der Waals surface area (Å²) in [6.07, 6.45) is -0.132. The van der Waals surface area contributed by atoms with Gasteiger partial charge in [-0.3, -0.25) is 4.79 Å². The quantitative estimate of drug-likeness (QED) is 0.563. The van der Waals surface area contributed by atoms with E-state index in [0.29, 0.717) is 6.54 Å². The van der Waals surface area contributed by atoms with Gasteiger partial charge in [0.2, 0.25) is 0 Å².